The number of halogens is 1. The van der Waals surface area contributed by atoms with Gasteiger partial charge in [0.05, 0.1) is 11.7 Å². The zero-order valence-electron chi connectivity index (χ0n) is 12.9. The maximum Gasteiger partial charge on any atom is 0.156 e. The molecule has 0 bridgehead atoms. The van der Waals surface area contributed by atoms with E-state index in [4.69, 9.17) is 0 Å². The summed E-state index contributed by atoms with van der Waals surface area (Å²) in [6.07, 6.45) is 5.60. The quantitative estimate of drug-likeness (QED) is 0.691. The van der Waals surface area contributed by atoms with E-state index in [0.29, 0.717) is 6.04 Å². The first-order chi connectivity index (χ1) is 11.3. The fraction of sp³-hybridized carbons (Fsp3) is 0.333. The number of likely N-dealkylation sites (tertiary alicyclic amines) is 1. The number of fused-ring (bicyclic) bond motifs is 1. The van der Waals surface area contributed by atoms with Gasteiger partial charge in [-0.15, -0.1) is 0 Å². The van der Waals surface area contributed by atoms with Gasteiger partial charge in [0.15, 0.2) is 5.65 Å². The predicted octanol–water partition coefficient (Wildman–Crippen LogP) is 4.22. The van der Waals surface area contributed by atoms with E-state index in [9.17, 15) is 0 Å². The average Bonchev–Trinajstić information content (AvgIpc) is 2.96. The number of nitrogens with zero attached hydrogens (tertiary/aromatic N) is 4. The molecule has 1 aliphatic heterocycles. The summed E-state index contributed by atoms with van der Waals surface area (Å²) in [5, 5.41) is 4.57. The van der Waals surface area contributed by atoms with Gasteiger partial charge in [-0.05, 0) is 46.9 Å². The van der Waals surface area contributed by atoms with Gasteiger partial charge in [0, 0.05) is 18.8 Å². The summed E-state index contributed by atoms with van der Waals surface area (Å²) in [7, 11) is 0. The molecule has 3 heterocycles. The van der Waals surface area contributed by atoms with E-state index in [1.165, 1.54) is 30.5 Å². The van der Waals surface area contributed by atoms with Crippen LogP contribution in [0, 0.1) is 0 Å². The van der Waals surface area contributed by atoms with Crippen molar-refractivity contribution in [1.82, 2.24) is 19.5 Å². The molecule has 0 aliphatic carbocycles. The summed E-state index contributed by atoms with van der Waals surface area (Å²) in [6.45, 7) is 2.11. The van der Waals surface area contributed by atoms with Gasteiger partial charge in [0.25, 0.3) is 0 Å². The zero-order chi connectivity index (χ0) is 15.6. The first-order valence-corrected chi connectivity index (χ1v) is 8.89. The second kappa shape index (κ2) is 6.42. The Kier molecular flexibility index (Phi) is 4.14. The van der Waals surface area contributed by atoms with Crippen LogP contribution >= 0.6 is 15.9 Å². The van der Waals surface area contributed by atoms with Crippen LogP contribution in [0.15, 0.2) is 53.3 Å². The fourth-order valence-electron chi connectivity index (χ4n) is 3.47. The van der Waals surface area contributed by atoms with Crippen molar-refractivity contribution >= 4 is 21.6 Å². The lowest BCUT2D eigenvalue weighted by Gasteiger charge is -2.36. The normalized spacial score (nSPS) is 19.3. The molecule has 1 saturated heterocycles. The topological polar surface area (TPSA) is 33.4 Å². The third kappa shape index (κ3) is 3.03. The van der Waals surface area contributed by atoms with Crippen LogP contribution in [0.2, 0.25) is 0 Å². The van der Waals surface area contributed by atoms with Crippen LogP contribution in [0.1, 0.15) is 36.6 Å². The van der Waals surface area contributed by atoms with Gasteiger partial charge in [0.2, 0.25) is 0 Å². The largest absolute Gasteiger partial charge is 0.291 e. The van der Waals surface area contributed by atoms with Crippen molar-refractivity contribution in [2.75, 3.05) is 6.54 Å². The van der Waals surface area contributed by atoms with Crippen molar-refractivity contribution < 1.29 is 0 Å². The molecule has 3 aromatic rings. The van der Waals surface area contributed by atoms with E-state index in [1.807, 2.05) is 16.8 Å². The Balaban J connectivity index is 1.69. The van der Waals surface area contributed by atoms with E-state index in [2.05, 4.69) is 67.3 Å². The summed E-state index contributed by atoms with van der Waals surface area (Å²) in [4.78, 5) is 6.99. The highest BCUT2D eigenvalue weighted by molar-refractivity contribution is 9.10. The zero-order valence-corrected chi connectivity index (χ0v) is 14.5. The molecule has 1 aromatic carbocycles. The monoisotopic (exact) mass is 370 g/mol. The Bertz CT molecular complexity index is 799. The summed E-state index contributed by atoms with van der Waals surface area (Å²) in [5.41, 5.74) is 3.50. The lowest BCUT2D eigenvalue weighted by Crippen LogP contribution is -2.34. The Morgan fingerprint density at radius 1 is 1.13 bits per heavy atom. The molecule has 0 spiro atoms. The van der Waals surface area contributed by atoms with Crippen molar-refractivity contribution in [3.63, 3.8) is 0 Å². The number of hydrogen-bond acceptors (Lipinski definition) is 3. The molecular formula is C18H19BrN4. The van der Waals surface area contributed by atoms with Crippen LogP contribution in [0.25, 0.3) is 5.65 Å². The average molecular weight is 371 g/mol. The number of hydrogen-bond donors (Lipinski definition) is 0. The predicted molar refractivity (Wildman–Crippen MR) is 94.1 cm³/mol. The van der Waals surface area contributed by atoms with Gasteiger partial charge < -0.3 is 0 Å². The third-order valence-electron chi connectivity index (χ3n) is 4.54. The molecule has 0 saturated carbocycles. The minimum Gasteiger partial charge on any atom is -0.291 e. The summed E-state index contributed by atoms with van der Waals surface area (Å²) >= 11 is 3.47. The standard InChI is InChI=1S/C18H19BrN4/c19-17-12-18-20-10-9-16(23(18)21-17)15-8-4-5-11-22(15)13-14-6-2-1-3-7-14/h1-3,6-7,9-10,12,15H,4-5,8,11,13H2. The molecular weight excluding hydrogens is 352 g/mol. The molecule has 5 heteroatoms. The molecule has 4 rings (SSSR count). The summed E-state index contributed by atoms with van der Waals surface area (Å²) in [6, 6.07) is 15.2. The molecule has 1 aliphatic rings. The van der Waals surface area contributed by atoms with Crippen molar-refractivity contribution in [1.29, 1.82) is 0 Å². The Labute approximate surface area is 144 Å². The van der Waals surface area contributed by atoms with Crippen LogP contribution in [0.4, 0.5) is 0 Å². The van der Waals surface area contributed by atoms with E-state index in [-0.39, 0.29) is 0 Å². The SMILES string of the molecule is Brc1cc2nccc(C3CCCCN3Cc3ccccc3)n2n1. The maximum absolute atomic E-state index is 4.57. The molecule has 0 N–H and O–H groups in total. The van der Waals surface area contributed by atoms with Crippen molar-refractivity contribution in [2.45, 2.75) is 31.8 Å². The highest BCUT2D eigenvalue weighted by atomic mass is 79.9. The van der Waals surface area contributed by atoms with Crippen LogP contribution in [0.5, 0.6) is 0 Å². The molecule has 0 radical (unpaired) electrons. The van der Waals surface area contributed by atoms with Crippen LogP contribution in [-0.2, 0) is 6.54 Å². The minimum atomic E-state index is 0.390. The van der Waals surface area contributed by atoms with Gasteiger partial charge in [-0.2, -0.15) is 5.10 Å². The number of benzene rings is 1. The van der Waals surface area contributed by atoms with E-state index >= 15 is 0 Å². The number of piperidine rings is 1. The molecule has 1 atom stereocenters. The van der Waals surface area contributed by atoms with Gasteiger partial charge >= 0.3 is 0 Å². The van der Waals surface area contributed by atoms with E-state index in [1.54, 1.807) is 0 Å². The molecule has 1 unspecified atom stereocenters. The second-order valence-corrected chi connectivity index (χ2v) is 6.89. The maximum atomic E-state index is 4.57. The van der Waals surface area contributed by atoms with Crippen LogP contribution < -0.4 is 0 Å². The first kappa shape index (κ1) is 14.8. The Hall–Kier alpha value is -1.72. The Morgan fingerprint density at radius 2 is 2.00 bits per heavy atom. The smallest absolute Gasteiger partial charge is 0.156 e. The number of rotatable bonds is 3. The fourth-order valence-corrected chi connectivity index (χ4v) is 3.83. The molecule has 0 amide bonds. The highest BCUT2D eigenvalue weighted by Gasteiger charge is 2.26. The molecule has 2 aromatic heterocycles. The lowest BCUT2D eigenvalue weighted by atomic mass is 9.98. The van der Waals surface area contributed by atoms with E-state index in [0.717, 1.165) is 23.3 Å². The molecule has 118 valence electrons. The lowest BCUT2D eigenvalue weighted by molar-refractivity contribution is 0.135. The van der Waals surface area contributed by atoms with Crippen molar-refractivity contribution in [3.8, 4) is 0 Å². The van der Waals surface area contributed by atoms with Gasteiger partial charge in [-0.3, -0.25) is 4.90 Å². The second-order valence-electron chi connectivity index (χ2n) is 6.07. The van der Waals surface area contributed by atoms with Gasteiger partial charge in [-0.25, -0.2) is 9.50 Å². The Morgan fingerprint density at radius 3 is 2.87 bits per heavy atom. The first-order valence-electron chi connectivity index (χ1n) is 8.09. The van der Waals surface area contributed by atoms with E-state index < -0.39 is 0 Å². The molecule has 1 fully saturated rings. The van der Waals surface area contributed by atoms with Gasteiger partial charge in [-0.1, -0.05) is 36.8 Å². The molecule has 23 heavy (non-hydrogen) atoms. The van der Waals surface area contributed by atoms with Gasteiger partial charge in [0.1, 0.15) is 4.60 Å². The van der Waals surface area contributed by atoms with Crippen LogP contribution in [0.3, 0.4) is 0 Å². The van der Waals surface area contributed by atoms with Crippen molar-refractivity contribution in [3.05, 3.63) is 64.5 Å². The highest BCUT2D eigenvalue weighted by Crippen LogP contribution is 2.32. The third-order valence-corrected chi connectivity index (χ3v) is 4.93. The van der Waals surface area contributed by atoms with Crippen LogP contribution in [-0.4, -0.2) is 26.0 Å². The molecule has 4 nitrogen and oxygen atoms in total. The summed E-state index contributed by atoms with van der Waals surface area (Å²) in [5.74, 6) is 0. The minimum absolute atomic E-state index is 0.390. The summed E-state index contributed by atoms with van der Waals surface area (Å²) < 4.78 is 2.82. The number of aromatic nitrogens is 3. The van der Waals surface area contributed by atoms with Crippen molar-refractivity contribution in [2.24, 2.45) is 0 Å².